The molecule has 0 amide bonds. The van der Waals surface area contributed by atoms with Crippen LogP contribution in [0.1, 0.15) is 16.7 Å². The summed E-state index contributed by atoms with van der Waals surface area (Å²) in [5, 5.41) is -0.124. The van der Waals surface area contributed by atoms with Gasteiger partial charge in [0, 0.05) is 37.9 Å². The SMILES string of the molecule is Cn1cnc(S(=O)(=O)Oc2cccc3c2CC(N(Cc2ccccc2)Cc2ccccc2)CO3)c1. The lowest BCUT2D eigenvalue weighted by Crippen LogP contribution is -2.42. The number of benzene rings is 3. The summed E-state index contributed by atoms with van der Waals surface area (Å²) in [7, 11) is -2.35. The van der Waals surface area contributed by atoms with Gasteiger partial charge in [0.25, 0.3) is 0 Å². The lowest BCUT2D eigenvalue weighted by molar-refractivity contribution is 0.106. The summed E-state index contributed by atoms with van der Waals surface area (Å²) in [5.41, 5.74) is 3.15. The standard InChI is InChI=1S/C27H27N3O4S/c1-29-18-27(28-20-29)35(31,32)34-26-14-8-13-25-24(26)15-23(19-33-25)30(16-21-9-4-2-5-10-21)17-22-11-6-3-7-12-22/h2-14,18,20,23H,15-17,19H2,1H3. The summed E-state index contributed by atoms with van der Waals surface area (Å²) < 4.78 is 39.0. The van der Waals surface area contributed by atoms with Gasteiger partial charge in [-0.2, -0.15) is 8.42 Å². The molecule has 1 aromatic heterocycles. The fourth-order valence-corrected chi connectivity index (χ4v) is 5.25. The van der Waals surface area contributed by atoms with Crippen LogP contribution in [-0.2, 0) is 36.7 Å². The van der Waals surface area contributed by atoms with Crippen LogP contribution in [0, 0.1) is 0 Å². The Morgan fingerprint density at radius 1 is 0.971 bits per heavy atom. The molecule has 0 saturated heterocycles. The second kappa shape index (κ2) is 9.93. The molecular formula is C27H27N3O4S. The van der Waals surface area contributed by atoms with Crippen LogP contribution >= 0.6 is 0 Å². The van der Waals surface area contributed by atoms with Crippen molar-refractivity contribution in [1.82, 2.24) is 14.5 Å². The summed E-state index contributed by atoms with van der Waals surface area (Å²) >= 11 is 0. The summed E-state index contributed by atoms with van der Waals surface area (Å²) in [4.78, 5) is 6.32. The van der Waals surface area contributed by atoms with Crippen molar-refractivity contribution in [2.24, 2.45) is 7.05 Å². The molecule has 0 radical (unpaired) electrons. The smallest absolute Gasteiger partial charge is 0.358 e. The van der Waals surface area contributed by atoms with E-state index in [1.54, 1.807) is 23.7 Å². The molecule has 1 atom stereocenters. The van der Waals surface area contributed by atoms with Gasteiger partial charge >= 0.3 is 10.1 Å². The molecule has 0 bridgehead atoms. The maximum absolute atomic E-state index is 12.8. The van der Waals surface area contributed by atoms with Gasteiger partial charge in [-0.1, -0.05) is 66.7 Å². The molecule has 0 N–H and O–H groups in total. The summed E-state index contributed by atoms with van der Waals surface area (Å²) in [6, 6.07) is 25.9. The summed E-state index contributed by atoms with van der Waals surface area (Å²) in [6.45, 7) is 1.99. The topological polar surface area (TPSA) is 73.7 Å². The van der Waals surface area contributed by atoms with Crippen molar-refractivity contribution in [1.29, 1.82) is 0 Å². The first-order valence-electron chi connectivity index (χ1n) is 11.5. The summed E-state index contributed by atoms with van der Waals surface area (Å²) in [5.74, 6) is 0.923. The molecule has 7 nitrogen and oxygen atoms in total. The Kier molecular flexibility index (Phi) is 6.57. The van der Waals surface area contributed by atoms with Gasteiger partial charge in [-0.05, 0) is 29.7 Å². The zero-order chi connectivity index (χ0) is 24.3. The van der Waals surface area contributed by atoms with Gasteiger partial charge in [-0.3, -0.25) is 4.90 Å². The van der Waals surface area contributed by atoms with Gasteiger partial charge < -0.3 is 13.5 Å². The van der Waals surface area contributed by atoms with Crippen LogP contribution in [0.5, 0.6) is 11.5 Å². The predicted octanol–water partition coefficient (Wildman–Crippen LogP) is 4.19. The fourth-order valence-electron chi connectivity index (χ4n) is 4.30. The first kappa shape index (κ1) is 23.1. The molecule has 1 aliphatic heterocycles. The van der Waals surface area contributed by atoms with Gasteiger partial charge in [0.2, 0.25) is 5.03 Å². The quantitative estimate of drug-likeness (QED) is 0.346. The van der Waals surface area contributed by atoms with Gasteiger partial charge in [-0.15, -0.1) is 0 Å². The second-order valence-electron chi connectivity index (χ2n) is 8.69. The average Bonchev–Trinajstić information content (AvgIpc) is 3.32. The second-order valence-corrected chi connectivity index (χ2v) is 10.2. The monoisotopic (exact) mass is 489 g/mol. The van der Waals surface area contributed by atoms with Crippen molar-refractivity contribution in [2.45, 2.75) is 30.6 Å². The number of aryl methyl sites for hydroxylation is 1. The molecule has 3 aromatic carbocycles. The highest BCUT2D eigenvalue weighted by Crippen LogP contribution is 2.36. The highest BCUT2D eigenvalue weighted by atomic mass is 32.2. The number of aromatic nitrogens is 2. The fraction of sp³-hybridized carbons (Fsp3) is 0.222. The molecule has 8 heteroatoms. The Bertz CT molecular complexity index is 1350. The van der Waals surface area contributed by atoms with Crippen molar-refractivity contribution in [2.75, 3.05) is 6.61 Å². The Labute approximate surface area is 205 Å². The maximum Gasteiger partial charge on any atom is 0.358 e. The molecular weight excluding hydrogens is 462 g/mol. The van der Waals surface area contributed by atoms with E-state index in [1.165, 1.54) is 23.7 Å². The van der Waals surface area contributed by atoms with Gasteiger partial charge in [0.05, 0.1) is 6.33 Å². The van der Waals surface area contributed by atoms with E-state index in [4.69, 9.17) is 8.92 Å². The third-order valence-electron chi connectivity index (χ3n) is 6.07. The normalized spacial score (nSPS) is 15.4. The summed E-state index contributed by atoms with van der Waals surface area (Å²) in [6.07, 6.45) is 3.45. The van der Waals surface area contributed by atoms with E-state index in [0.717, 1.165) is 18.7 Å². The third-order valence-corrected chi connectivity index (χ3v) is 7.19. The lowest BCUT2D eigenvalue weighted by atomic mass is 9.99. The van der Waals surface area contributed by atoms with Crippen molar-refractivity contribution in [3.63, 3.8) is 0 Å². The molecule has 0 spiro atoms. The molecule has 180 valence electrons. The number of imidazole rings is 1. The Morgan fingerprint density at radius 3 is 2.23 bits per heavy atom. The number of ether oxygens (including phenoxy) is 1. The Balaban J connectivity index is 1.42. The van der Waals surface area contributed by atoms with E-state index in [2.05, 4.69) is 34.1 Å². The molecule has 5 rings (SSSR count). The van der Waals surface area contributed by atoms with E-state index >= 15 is 0 Å². The number of hydrogen-bond acceptors (Lipinski definition) is 6. The van der Waals surface area contributed by atoms with Crippen LogP contribution in [0.25, 0.3) is 0 Å². The van der Waals surface area contributed by atoms with Crippen LogP contribution < -0.4 is 8.92 Å². The Hall–Kier alpha value is -3.62. The number of nitrogens with zero attached hydrogens (tertiary/aromatic N) is 3. The van der Waals surface area contributed by atoms with Crippen LogP contribution in [-0.4, -0.2) is 35.5 Å². The van der Waals surface area contributed by atoms with Gasteiger partial charge in [0.15, 0.2) is 0 Å². The molecule has 35 heavy (non-hydrogen) atoms. The van der Waals surface area contributed by atoms with Crippen molar-refractivity contribution in [3.8, 4) is 11.5 Å². The Morgan fingerprint density at radius 2 is 1.63 bits per heavy atom. The first-order chi connectivity index (χ1) is 17.0. The van der Waals surface area contributed by atoms with E-state index in [0.29, 0.717) is 18.8 Å². The minimum absolute atomic E-state index is 0.0326. The van der Waals surface area contributed by atoms with E-state index in [1.807, 2.05) is 42.5 Å². The van der Waals surface area contributed by atoms with Crippen molar-refractivity contribution >= 4 is 10.1 Å². The highest BCUT2D eigenvalue weighted by Gasteiger charge is 2.30. The number of fused-ring (bicyclic) bond motifs is 1. The molecule has 2 heterocycles. The highest BCUT2D eigenvalue weighted by molar-refractivity contribution is 7.87. The molecule has 0 aliphatic carbocycles. The van der Waals surface area contributed by atoms with Crippen molar-refractivity contribution < 1.29 is 17.3 Å². The van der Waals surface area contributed by atoms with Crippen LogP contribution in [0.2, 0.25) is 0 Å². The zero-order valence-corrected chi connectivity index (χ0v) is 20.3. The van der Waals surface area contributed by atoms with E-state index in [9.17, 15) is 8.42 Å². The minimum atomic E-state index is -4.06. The van der Waals surface area contributed by atoms with Crippen LogP contribution in [0.4, 0.5) is 0 Å². The molecule has 4 aromatic rings. The van der Waals surface area contributed by atoms with E-state index in [-0.39, 0.29) is 16.8 Å². The largest absolute Gasteiger partial charge is 0.492 e. The third kappa shape index (κ3) is 5.39. The molecule has 0 saturated carbocycles. The predicted molar refractivity (Wildman–Crippen MR) is 133 cm³/mol. The number of rotatable bonds is 8. The molecule has 1 aliphatic rings. The minimum Gasteiger partial charge on any atom is -0.492 e. The van der Waals surface area contributed by atoms with Crippen LogP contribution in [0.15, 0.2) is 96.4 Å². The van der Waals surface area contributed by atoms with Gasteiger partial charge in [-0.25, -0.2) is 4.98 Å². The van der Waals surface area contributed by atoms with Crippen molar-refractivity contribution in [3.05, 3.63) is 108 Å². The molecule has 1 unspecified atom stereocenters. The maximum atomic E-state index is 12.8. The zero-order valence-electron chi connectivity index (χ0n) is 19.4. The van der Waals surface area contributed by atoms with E-state index < -0.39 is 10.1 Å². The average molecular weight is 490 g/mol. The van der Waals surface area contributed by atoms with Crippen LogP contribution in [0.3, 0.4) is 0 Å². The van der Waals surface area contributed by atoms with Gasteiger partial charge in [0.1, 0.15) is 18.1 Å². The lowest BCUT2D eigenvalue weighted by Gasteiger charge is -2.35. The first-order valence-corrected chi connectivity index (χ1v) is 12.9. The number of hydrogen-bond donors (Lipinski definition) is 0. The molecule has 0 fully saturated rings.